The summed E-state index contributed by atoms with van der Waals surface area (Å²) < 4.78 is 10.3. The lowest BCUT2D eigenvalue weighted by Gasteiger charge is -2.34. The Hall–Kier alpha value is -2.28. The molecule has 1 aromatic carbocycles. The lowest BCUT2D eigenvalue weighted by molar-refractivity contribution is -0.240. The number of carbonyl (C=O) groups excluding carboxylic acids is 2. The normalized spacial score (nSPS) is 19.4. The molecule has 1 unspecified atom stereocenters. The second-order valence-electron chi connectivity index (χ2n) is 5.00. The highest BCUT2D eigenvalue weighted by molar-refractivity contribution is 5.98. The predicted molar refractivity (Wildman–Crippen MR) is 72.4 cm³/mol. The van der Waals surface area contributed by atoms with Gasteiger partial charge < -0.3 is 9.47 Å². The molecule has 1 saturated heterocycles. The Morgan fingerprint density at radius 3 is 2.15 bits per heavy atom. The van der Waals surface area contributed by atoms with Gasteiger partial charge in [-0.25, -0.2) is 0 Å². The second-order valence-corrected chi connectivity index (χ2v) is 5.00. The topological polar surface area (TPSA) is 52.6 Å². The lowest BCUT2D eigenvalue weighted by atomic mass is 9.85. The van der Waals surface area contributed by atoms with Gasteiger partial charge in [-0.15, -0.1) is 5.92 Å². The van der Waals surface area contributed by atoms with E-state index < -0.39 is 29.6 Å². The molecule has 20 heavy (non-hydrogen) atoms. The van der Waals surface area contributed by atoms with Gasteiger partial charge in [-0.05, 0) is 12.5 Å². The Labute approximate surface area is 118 Å². The molecule has 4 heteroatoms. The van der Waals surface area contributed by atoms with E-state index in [4.69, 9.17) is 9.47 Å². The Kier molecular flexibility index (Phi) is 3.80. The van der Waals surface area contributed by atoms with Crippen LogP contribution in [0, 0.1) is 17.8 Å². The van der Waals surface area contributed by atoms with Crippen LogP contribution in [0.4, 0.5) is 0 Å². The van der Waals surface area contributed by atoms with Gasteiger partial charge in [-0.2, -0.15) is 0 Å². The minimum Gasteiger partial charge on any atom is -0.422 e. The molecule has 1 aliphatic rings. The van der Waals surface area contributed by atoms with Gasteiger partial charge >= 0.3 is 11.9 Å². The molecule has 2 rings (SSSR count). The highest BCUT2D eigenvalue weighted by Crippen LogP contribution is 2.33. The van der Waals surface area contributed by atoms with Crippen molar-refractivity contribution in [2.75, 3.05) is 0 Å². The van der Waals surface area contributed by atoms with Gasteiger partial charge in [-0.3, -0.25) is 9.59 Å². The van der Waals surface area contributed by atoms with Crippen molar-refractivity contribution >= 4 is 11.9 Å². The van der Waals surface area contributed by atoms with Crippen LogP contribution in [0.15, 0.2) is 30.3 Å². The van der Waals surface area contributed by atoms with Crippen LogP contribution in [-0.4, -0.2) is 17.7 Å². The summed E-state index contributed by atoms with van der Waals surface area (Å²) in [4.78, 5) is 24.2. The maximum Gasteiger partial charge on any atom is 0.325 e. The molecule has 1 atom stereocenters. The van der Waals surface area contributed by atoms with Crippen LogP contribution in [0.1, 0.15) is 32.3 Å². The van der Waals surface area contributed by atoms with E-state index in [1.54, 1.807) is 6.92 Å². The molecule has 0 aliphatic carbocycles. The van der Waals surface area contributed by atoms with Crippen LogP contribution in [0.2, 0.25) is 0 Å². The van der Waals surface area contributed by atoms with Gasteiger partial charge in [0.2, 0.25) is 0 Å². The van der Waals surface area contributed by atoms with Crippen LogP contribution in [0.25, 0.3) is 0 Å². The summed E-state index contributed by atoms with van der Waals surface area (Å²) in [7, 11) is 0. The number of carbonyl (C=O) groups is 2. The molecule has 0 saturated carbocycles. The van der Waals surface area contributed by atoms with Crippen molar-refractivity contribution in [1.29, 1.82) is 0 Å². The lowest BCUT2D eigenvalue weighted by Crippen LogP contribution is -2.48. The van der Waals surface area contributed by atoms with Crippen molar-refractivity contribution in [2.24, 2.45) is 5.92 Å². The van der Waals surface area contributed by atoms with E-state index in [9.17, 15) is 9.59 Å². The highest BCUT2D eigenvalue weighted by atomic mass is 16.7. The number of rotatable bonds is 2. The zero-order chi connectivity index (χ0) is 14.8. The van der Waals surface area contributed by atoms with E-state index >= 15 is 0 Å². The van der Waals surface area contributed by atoms with E-state index in [1.165, 1.54) is 13.8 Å². The van der Waals surface area contributed by atoms with Crippen molar-refractivity contribution in [3.8, 4) is 11.8 Å². The largest absolute Gasteiger partial charge is 0.422 e. The molecule has 0 N–H and O–H groups in total. The van der Waals surface area contributed by atoms with E-state index in [2.05, 4.69) is 11.8 Å². The highest BCUT2D eigenvalue weighted by Gasteiger charge is 2.47. The van der Waals surface area contributed by atoms with Gasteiger partial charge in [-0.1, -0.05) is 36.3 Å². The zero-order valence-corrected chi connectivity index (χ0v) is 11.7. The van der Waals surface area contributed by atoms with Crippen molar-refractivity contribution < 1.29 is 19.1 Å². The van der Waals surface area contributed by atoms with E-state index in [0.717, 1.165) is 5.56 Å². The molecule has 1 aliphatic heterocycles. The molecule has 1 aromatic rings. The fraction of sp³-hybridized carbons (Fsp3) is 0.375. The fourth-order valence-electron chi connectivity index (χ4n) is 2.18. The smallest absolute Gasteiger partial charge is 0.325 e. The van der Waals surface area contributed by atoms with Crippen molar-refractivity contribution in [3.63, 3.8) is 0 Å². The molecular weight excluding hydrogens is 256 g/mol. The summed E-state index contributed by atoms with van der Waals surface area (Å²) in [5.74, 6) is 1.66. The summed E-state index contributed by atoms with van der Waals surface area (Å²) in [6.07, 6.45) is 0. The quantitative estimate of drug-likeness (QED) is 0.471. The number of benzene rings is 1. The first-order valence-electron chi connectivity index (χ1n) is 6.37. The Morgan fingerprint density at radius 2 is 1.65 bits per heavy atom. The average Bonchev–Trinajstić information content (AvgIpc) is 2.36. The Balaban J connectivity index is 2.37. The number of esters is 2. The molecule has 1 heterocycles. The number of cyclic esters (lactones) is 2. The maximum atomic E-state index is 12.1. The van der Waals surface area contributed by atoms with Gasteiger partial charge in [0.05, 0.1) is 5.92 Å². The molecule has 0 amide bonds. The van der Waals surface area contributed by atoms with Crippen LogP contribution in [0.5, 0.6) is 0 Å². The first-order chi connectivity index (χ1) is 9.44. The van der Waals surface area contributed by atoms with Crippen molar-refractivity contribution in [3.05, 3.63) is 35.9 Å². The van der Waals surface area contributed by atoms with Gasteiger partial charge in [0, 0.05) is 13.8 Å². The molecule has 0 radical (unpaired) electrons. The fourth-order valence-corrected chi connectivity index (χ4v) is 2.18. The third-order valence-electron chi connectivity index (χ3n) is 2.99. The zero-order valence-electron chi connectivity index (χ0n) is 11.7. The van der Waals surface area contributed by atoms with Crippen molar-refractivity contribution in [1.82, 2.24) is 0 Å². The molecule has 1 fully saturated rings. The SMILES string of the molecule is CC#CC(c1ccccc1)C1C(=O)OC(C)(C)OC1=O. The number of ether oxygens (including phenoxy) is 2. The van der Waals surface area contributed by atoms with Crippen LogP contribution < -0.4 is 0 Å². The first-order valence-corrected chi connectivity index (χ1v) is 6.37. The number of hydrogen-bond donors (Lipinski definition) is 0. The summed E-state index contributed by atoms with van der Waals surface area (Å²) in [5.41, 5.74) is 0.792. The first kappa shape index (κ1) is 14.1. The summed E-state index contributed by atoms with van der Waals surface area (Å²) in [6.45, 7) is 4.73. The van der Waals surface area contributed by atoms with Gasteiger partial charge in [0.1, 0.15) is 0 Å². The van der Waals surface area contributed by atoms with Crippen molar-refractivity contribution in [2.45, 2.75) is 32.5 Å². The third kappa shape index (κ3) is 2.83. The summed E-state index contributed by atoms with van der Waals surface area (Å²) in [5, 5.41) is 0. The Bertz CT molecular complexity index is 557. The average molecular weight is 272 g/mol. The van der Waals surface area contributed by atoms with Crippen LogP contribution in [-0.2, 0) is 19.1 Å². The predicted octanol–water partition coefficient (Wildman–Crippen LogP) is 2.25. The molecular formula is C16H16O4. The number of hydrogen-bond acceptors (Lipinski definition) is 4. The van der Waals surface area contributed by atoms with Gasteiger partial charge in [0.15, 0.2) is 5.92 Å². The second kappa shape index (κ2) is 5.38. The van der Waals surface area contributed by atoms with E-state index in [1.807, 2.05) is 30.3 Å². The van der Waals surface area contributed by atoms with Gasteiger partial charge in [0.25, 0.3) is 5.79 Å². The molecule has 0 bridgehead atoms. The minimum absolute atomic E-state index is 0.558. The Morgan fingerprint density at radius 1 is 1.10 bits per heavy atom. The van der Waals surface area contributed by atoms with Crippen LogP contribution in [0.3, 0.4) is 0 Å². The monoisotopic (exact) mass is 272 g/mol. The van der Waals surface area contributed by atoms with E-state index in [0.29, 0.717) is 0 Å². The molecule has 0 aromatic heterocycles. The summed E-state index contributed by atoms with van der Waals surface area (Å²) >= 11 is 0. The standard InChI is InChI=1S/C16H16O4/c1-4-8-12(11-9-6-5-7-10-11)13-14(17)19-16(2,3)20-15(13)18/h5-7,9-10,12-13H,1-3H3. The third-order valence-corrected chi connectivity index (χ3v) is 2.99. The molecule has 104 valence electrons. The summed E-state index contributed by atoms with van der Waals surface area (Å²) in [6, 6.07) is 9.19. The maximum absolute atomic E-state index is 12.1. The van der Waals surface area contributed by atoms with Crippen LogP contribution >= 0.6 is 0 Å². The van der Waals surface area contributed by atoms with E-state index in [-0.39, 0.29) is 0 Å². The molecule has 4 nitrogen and oxygen atoms in total. The molecule has 0 spiro atoms. The minimum atomic E-state index is -1.22.